The molecule has 0 spiro atoms. The van der Waals surface area contributed by atoms with E-state index in [1.807, 2.05) is 23.1 Å². The number of carbonyl (C=O) groups excluding carboxylic acids is 1. The van der Waals surface area contributed by atoms with Crippen LogP contribution in [0, 0.1) is 0 Å². The highest BCUT2D eigenvalue weighted by Crippen LogP contribution is 2.22. The lowest BCUT2D eigenvalue weighted by atomic mass is 10.1. The van der Waals surface area contributed by atoms with Crippen molar-refractivity contribution < 1.29 is 4.79 Å². The van der Waals surface area contributed by atoms with Crippen LogP contribution in [-0.2, 0) is 6.54 Å². The van der Waals surface area contributed by atoms with Gasteiger partial charge >= 0.3 is 0 Å². The summed E-state index contributed by atoms with van der Waals surface area (Å²) < 4.78 is 0. The zero-order chi connectivity index (χ0) is 17.8. The Hall–Kier alpha value is -1.92. The molecule has 0 bridgehead atoms. The van der Waals surface area contributed by atoms with Crippen molar-refractivity contribution in [1.29, 1.82) is 0 Å². The Kier molecular flexibility index (Phi) is 5.51. The van der Waals surface area contributed by atoms with Gasteiger partial charge in [0, 0.05) is 24.8 Å². The van der Waals surface area contributed by atoms with Crippen molar-refractivity contribution in [2.24, 2.45) is 0 Å². The topological polar surface area (TPSA) is 48.5 Å². The van der Waals surface area contributed by atoms with Crippen LogP contribution in [0.1, 0.15) is 40.4 Å². The maximum absolute atomic E-state index is 12.9. The lowest BCUT2D eigenvalue weighted by Gasteiger charge is -2.33. The van der Waals surface area contributed by atoms with Gasteiger partial charge < -0.3 is 10.2 Å². The van der Waals surface area contributed by atoms with E-state index >= 15 is 0 Å². The first-order valence-electron chi connectivity index (χ1n) is 9.56. The SMILES string of the molecule is O=C(c1cnc(CN2CCCC2)s1)N1CCCC(Nc2ccccc2)C1. The van der Waals surface area contributed by atoms with Crippen molar-refractivity contribution in [3.8, 4) is 0 Å². The monoisotopic (exact) mass is 370 g/mol. The highest BCUT2D eigenvalue weighted by molar-refractivity contribution is 7.13. The fourth-order valence-corrected chi connectivity index (χ4v) is 4.75. The third-order valence-electron chi connectivity index (χ3n) is 5.18. The molecule has 1 atom stereocenters. The second-order valence-corrected chi connectivity index (χ2v) is 8.32. The molecule has 2 aliphatic heterocycles. The quantitative estimate of drug-likeness (QED) is 0.876. The van der Waals surface area contributed by atoms with Crippen molar-refractivity contribution in [2.75, 3.05) is 31.5 Å². The number of anilines is 1. The molecular weight excluding hydrogens is 344 g/mol. The van der Waals surface area contributed by atoms with Crippen LogP contribution in [0.15, 0.2) is 36.5 Å². The molecule has 0 saturated carbocycles. The second-order valence-electron chi connectivity index (χ2n) is 7.20. The smallest absolute Gasteiger partial charge is 0.265 e. The zero-order valence-electron chi connectivity index (χ0n) is 15.1. The van der Waals surface area contributed by atoms with Gasteiger partial charge in [0.25, 0.3) is 5.91 Å². The lowest BCUT2D eigenvalue weighted by Crippen LogP contribution is -2.44. The van der Waals surface area contributed by atoms with Crippen LogP contribution in [0.3, 0.4) is 0 Å². The fourth-order valence-electron chi connectivity index (χ4n) is 3.82. The molecule has 4 rings (SSSR count). The highest BCUT2D eigenvalue weighted by Gasteiger charge is 2.26. The number of benzene rings is 1. The van der Waals surface area contributed by atoms with E-state index in [2.05, 4.69) is 27.3 Å². The van der Waals surface area contributed by atoms with E-state index < -0.39 is 0 Å². The molecule has 1 unspecified atom stereocenters. The molecule has 1 N–H and O–H groups in total. The summed E-state index contributed by atoms with van der Waals surface area (Å²) in [5.74, 6) is 0.134. The molecule has 5 nitrogen and oxygen atoms in total. The van der Waals surface area contributed by atoms with Gasteiger partial charge in [-0.3, -0.25) is 9.69 Å². The third kappa shape index (κ3) is 4.24. The van der Waals surface area contributed by atoms with E-state index in [0.717, 1.165) is 61.1 Å². The van der Waals surface area contributed by atoms with Crippen LogP contribution in [0.4, 0.5) is 5.69 Å². The first kappa shape index (κ1) is 17.5. The van der Waals surface area contributed by atoms with Gasteiger partial charge in [0.15, 0.2) is 0 Å². The van der Waals surface area contributed by atoms with E-state index in [-0.39, 0.29) is 5.91 Å². The van der Waals surface area contributed by atoms with E-state index in [0.29, 0.717) is 6.04 Å². The number of carbonyl (C=O) groups is 1. The van der Waals surface area contributed by atoms with Crippen LogP contribution in [0.25, 0.3) is 0 Å². The van der Waals surface area contributed by atoms with Gasteiger partial charge in [0.2, 0.25) is 0 Å². The number of rotatable bonds is 5. The largest absolute Gasteiger partial charge is 0.381 e. The van der Waals surface area contributed by atoms with E-state index in [4.69, 9.17) is 0 Å². The summed E-state index contributed by atoms with van der Waals surface area (Å²) in [7, 11) is 0. The zero-order valence-corrected chi connectivity index (χ0v) is 15.9. The molecule has 2 fully saturated rings. The van der Waals surface area contributed by atoms with Crippen molar-refractivity contribution >= 4 is 22.9 Å². The average molecular weight is 371 g/mol. The fraction of sp³-hybridized carbons (Fsp3) is 0.500. The molecule has 138 valence electrons. The summed E-state index contributed by atoms with van der Waals surface area (Å²) in [6.45, 7) is 4.79. The first-order valence-corrected chi connectivity index (χ1v) is 10.4. The van der Waals surface area contributed by atoms with E-state index in [1.54, 1.807) is 17.5 Å². The maximum Gasteiger partial charge on any atom is 0.265 e. The van der Waals surface area contributed by atoms with E-state index in [1.165, 1.54) is 12.8 Å². The minimum Gasteiger partial charge on any atom is -0.381 e. The van der Waals surface area contributed by atoms with Crippen molar-refractivity contribution in [2.45, 2.75) is 38.3 Å². The molecule has 6 heteroatoms. The Morgan fingerprint density at radius 1 is 1.15 bits per heavy atom. The molecule has 1 amide bonds. The molecule has 26 heavy (non-hydrogen) atoms. The Balaban J connectivity index is 1.35. The number of likely N-dealkylation sites (tertiary alicyclic amines) is 2. The van der Waals surface area contributed by atoms with Crippen molar-refractivity contribution in [3.63, 3.8) is 0 Å². The Bertz CT molecular complexity index is 726. The molecule has 1 aromatic carbocycles. The number of thiazole rings is 1. The summed E-state index contributed by atoms with van der Waals surface area (Å²) in [5, 5.41) is 4.62. The molecule has 0 radical (unpaired) electrons. The predicted octanol–water partition coefficient (Wildman–Crippen LogP) is 3.46. The number of para-hydroxylation sites is 1. The van der Waals surface area contributed by atoms with Crippen LogP contribution in [0.5, 0.6) is 0 Å². The van der Waals surface area contributed by atoms with Crippen molar-refractivity contribution in [1.82, 2.24) is 14.8 Å². The van der Waals surface area contributed by atoms with Crippen LogP contribution in [-0.4, -0.2) is 52.9 Å². The predicted molar refractivity (Wildman–Crippen MR) is 106 cm³/mol. The summed E-state index contributed by atoms with van der Waals surface area (Å²) in [6.07, 6.45) is 6.46. The van der Waals surface area contributed by atoms with Gasteiger partial charge in [-0.2, -0.15) is 0 Å². The van der Waals surface area contributed by atoms with Crippen LogP contribution < -0.4 is 5.32 Å². The standard InChI is InChI=1S/C20H26N4OS/c25-20(18-13-21-19(26-18)15-23-10-4-5-11-23)24-12-6-9-17(14-24)22-16-7-2-1-3-8-16/h1-3,7-8,13,17,22H,4-6,9-12,14-15H2. The summed E-state index contributed by atoms with van der Waals surface area (Å²) in [4.78, 5) is 22.6. The van der Waals surface area contributed by atoms with Crippen LogP contribution >= 0.6 is 11.3 Å². The molecule has 2 saturated heterocycles. The summed E-state index contributed by atoms with van der Waals surface area (Å²) >= 11 is 1.56. The van der Waals surface area contributed by atoms with Gasteiger partial charge in [-0.05, 0) is 50.9 Å². The molecule has 0 aliphatic carbocycles. The summed E-state index contributed by atoms with van der Waals surface area (Å²) in [5.41, 5.74) is 1.12. The number of aromatic nitrogens is 1. The average Bonchev–Trinajstić information content (AvgIpc) is 3.35. The number of hydrogen-bond donors (Lipinski definition) is 1. The maximum atomic E-state index is 12.9. The van der Waals surface area contributed by atoms with Crippen LogP contribution in [0.2, 0.25) is 0 Å². The Morgan fingerprint density at radius 2 is 1.96 bits per heavy atom. The van der Waals surface area contributed by atoms with Gasteiger partial charge in [-0.25, -0.2) is 4.98 Å². The highest BCUT2D eigenvalue weighted by atomic mass is 32.1. The third-order valence-corrected chi connectivity index (χ3v) is 6.15. The van der Waals surface area contributed by atoms with Gasteiger partial charge in [-0.1, -0.05) is 18.2 Å². The van der Waals surface area contributed by atoms with Crippen molar-refractivity contribution in [3.05, 3.63) is 46.4 Å². The molecule has 1 aromatic heterocycles. The number of amides is 1. The van der Waals surface area contributed by atoms with Gasteiger partial charge in [0.05, 0.1) is 12.7 Å². The Labute approximate surface area is 159 Å². The lowest BCUT2D eigenvalue weighted by molar-refractivity contribution is 0.0719. The minimum absolute atomic E-state index is 0.134. The van der Waals surface area contributed by atoms with E-state index in [9.17, 15) is 4.79 Å². The Morgan fingerprint density at radius 3 is 2.77 bits per heavy atom. The van der Waals surface area contributed by atoms with Gasteiger partial charge in [0.1, 0.15) is 9.88 Å². The minimum atomic E-state index is 0.134. The number of nitrogens with one attached hydrogen (secondary N) is 1. The number of nitrogens with zero attached hydrogens (tertiary/aromatic N) is 3. The molecule has 2 aliphatic rings. The normalized spacial score (nSPS) is 21.1. The molecular formula is C20H26N4OS. The summed E-state index contributed by atoms with van der Waals surface area (Å²) in [6, 6.07) is 10.6. The van der Waals surface area contributed by atoms with Gasteiger partial charge in [-0.15, -0.1) is 11.3 Å². The first-order chi connectivity index (χ1) is 12.8. The molecule has 2 aromatic rings. The molecule has 3 heterocycles. The second kappa shape index (κ2) is 8.18. The number of piperidine rings is 1. The number of hydrogen-bond acceptors (Lipinski definition) is 5.